The fourth-order valence-electron chi connectivity index (χ4n) is 1.45. The van der Waals surface area contributed by atoms with Gasteiger partial charge in [-0.1, -0.05) is 0 Å². The van der Waals surface area contributed by atoms with E-state index >= 15 is 0 Å². The lowest BCUT2D eigenvalue weighted by Crippen LogP contribution is -2.01. The molecule has 0 unspecified atom stereocenters. The van der Waals surface area contributed by atoms with Crippen molar-refractivity contribution < 1.29 is 0 Å². The normalized spacial score (nSPS) is 13.4. The predicted octanol–water partition coefficient (Wildman–Crippen LogP) is 2.21. The summed E-state index contributed by atoms with van der Waals surface area (Å²) in [5.74, 6) is 0. The number of nitrogens with zero attached hydrogens (tertiary/aromatic N) is 1. The first-order valence-electron chi connectivity index (χ1n) is 4.42. The maximum absolute atomic E-state index is 8.71. The average molecular weight is 210 g/mol. The number of fused-ring (bicyclic) bond motifs is 1. The highest BCUT2D eigenvalue weighted by atomic mass is 35.5. The van der Waals surface area contributed by atoms with Crippen LogP contribution in [0.4, 0.5) is 11.4 Å². The van der Waals surface area contributed by atoms with Crippen molar-refractivity contribution in [3.63, 3.8) is 0 Å². The van der Waals surface area contributed by atoms with Gasteiger partial charge in [0, 0.05) is 13.1 Å². The third kappa shape index (κ3) is 2.09. The van der Waals surface area contributed by atoms with E-state index in [0.29, 0.717) is 5.56 Å². The number of hydrogen-bond acceptors (Lipinski definition) is 3. The van der Waals surface area contributed by atoms with Gasteiger partial charge in [0.15, 0.2) is 0 Å². The van der Waals surface area contributed by atoms with Crippen molar-refractivity contribution in [3.05, 3.63) is 23.8 Å². The number of halogens is 1. The van der Waals surface area contributed by atoms with E-state index in [9.17, 15) is 0 Å². The van der Waals surface area contributed by atoms with Crippen LogP contribution in [-0.4, -0.2) is 13.1 Å². The second-order valence-corrected chi connectivity index (χ2v) is 3.08. The van der Waals surface area contributed by atoms with Gasteiger partial charge in [0.25, 0.3) is 0 Å². The summed E-state index contributed by atoms with van der Waals surface area (Å²) in [5.41, 5.74) is 2.84. The van der Waals surface area contributed by atoms with Crippen molar-refractivity contribution in [1.82, 2.24) is 0 Å². The Kier molecular flexibility index (Phi) is 3.61. The zero-order valence-electron chi connectivity index (χ0n) is 7.71. The third-order valence-electron chi connectivity index (χ3n) is 2.13. The molecule has 0 bridgehead atoms. The van der Waals surface area contributed by atoms with E-state index in [4.69, 9.17) is 5.26 Å². The molecule has 1 aromatic carbocycles. The Hall–Kier alpha value is -1.40. The van der Waals surface area contributed by atoms with Crippen molar-refractivity contribution >= 4 is 23.8 Å². The lowest BCUT2D eigenvalue weighted by Gasteiger charge is -2.07. The van der Waals surface area contributed by atoms with Crippen LogP contribution in [0.15, 0.2) is 18.2 Å². The Morgan fingerprint density at radius 2 is 1.86 bits per heavy atom. The topological polar surface area (TPSA) is 47.9 Å². The van der Waals surface area contributed by atoms with E-state index in [1.54, 1.807) is 0 Å². The summed E-state index contributed by atoms with van der Waals surface area (Å²) in [6, 6.07) is 7.80. The molecule has 1 aromatic rings. The largest absolute Gasteiger partial charge is 0.383 e. The Labute approximate surface area is 89.5 Å². The fourth-order valence-corrected chi connectivity index (χ4v) is 1.45. The molecule has 2 rings (SSSR count). The quantitative estimate of drug-likeness (QED) is 0.689. The van der Waals surface area contributed by atoms with Crippen molar-refractivity contribution in [2.24, 2.45) is 0 Å². The highest BCUT2D eigenvalue weighted by Gasteiger charge is 2.06. The van der Waals surface area contributed by atoms with E-state index in [1.807, 2.05) is 18.2 Å². The van der Waals surface area contributed by atoms with Crippen LogP contribution < -0.4 is 10.6 Å². The summed E-state index contributed by atoms with van der Waals surface area (Å²) in [6.07, 6.45) is 1.11. The van der Waals surface area contributed by atoms with Crippen molar-refractivity contribution in [2.45, 2.75) is 6.42 Å². The first kappa shape index (κ1) is 10.7. The van der Waals surface area contributed by atoms with Gasteiger partial charge in [-0.3, -0.25) is 0 Å². The smallest absolute Gasteiger partial charge is 0.0992 e. The third-order valence-corrected chi connectivity index (χ3v) is 2.13. The lowest BCUT2D eigenvalue weighted by atomic mass is 10.2. The predicted molar refractivity (Wildman–Crippen MR) is 60.0 cm³/mol. The molecular weight excluding hydrogens is 198 g/mol. The molecule has 0 radical (unpaired) electrons. The van der Waals surface area contributed by atoms with Crippen LogP contribution >= 0.6 is 12.4 Å². The second kappa shape index (κ2) is 4.73. The number of hydrogen-bond donors (Lipinski definition) is 2. The standard InChI is InChI=1S/C10H11N3.ClH/c11-7-8-2-3-9-10(6-8)13-5-1-4-12-9;/h2-3,6,12-13H,1,4-5H2;1H. The van der Waals surface area contributed by atoms with Crippen LogP contribution in [0, 0.1) is 11.3 Å². The summed E-state index contributed by atoms with van der Waals surface area (Å²) >= 11 is 0. The fraction of sp³-hybridized carbons (Fsp3) is 0.300. The minimum Gasteiger partial charge on any atom is -0.383 e. The molecule has 1 aliphatic heterocycles. The monoisotopic (exact) mass is 209 g/mol. The van der Waals surface area contributed by atoms with Gasteiger partial charge < -0.3 is 10.6 Å². The first-order valence-corrected chi connectivity index (χ1v) is 4.42. The van der Waals surface area contributed by atoms with Crippen LogP contribution in [0.1, 0.15) is 12.0 Å². The average Bonchev–Trinajstić information content (AvgIpc) is 2.41. The number of benzene rings is 1. The number of anilines is 2. The second-order valence-electron chi connectivity index (χ2n) is 3.08. The first-order chi connectivity index (χ1) is 6.40. The zero-order chi connectivity index (χ0) is 9.10. The highest BCUT2D eigenvalue weighted by Crippen LogP contribution is 2.24. The molecule has 0 spiro atoms. The molecule has 3 nitrogen and oxygen atoms in total. The maximum atomic E-state index is 8.71. The molecule has 0 aliphatic carbocycles. The van der Waals surface area contributed by atoms with Gasteiger partial charge in [0.2, 0.25) is 0 Å². The van der Waals surface area contributed by atoms with Gasteiger partial charge >= 0.3 is 0 Å². The van der Waals surface area contributed by atoms with Crippen LogP contribution in [0.5, 0.6) is 0 Å². The van der Waals surface area contributed by atoms with Crippen molar-refractivity contribution in [2.75, 3.05) is 23.7 Å². The Morgan fingerprint density at radius 1 is 1.14 bits per heavy atom. The SMILES string of the molecule is Cl.N#Cc1ccc2c(c1)NCCCN2. The van der Waals surface area contributed by atoms with E-state index in [1.165, 1.54) is 0 Å². The van der Waals surface area contributed by atoms with Gasteiger partial charge in [-0.2, -0.15) is 5.26 Å². The van der Waals surface area contributed by atoms with Gasteiger partial charge in [-0.05, 0) is 24.6 Å². The molecule has 1 heterocycles. The van der Waals surface area contributed by atoms with E-state index in [0.717, 1.165) is 30.9 Å². The lowest BCUT2D eigenvalue weighted by molar-refractivity contribution is 0.928. The van der Waals surface area contributed by atoms with Gasteiger partial charge in [0.05, 0.1) is 23.0 Å². The Balaban J connectivity index is 0.000000980. The van der Waals surface area contributed by atoms with Crippen LogP contribution in [-0.2, 0) is 0 Å². The number of rotatable bonds is 0. The molecule has 1 aliphatic rings. The summed E-state index contributed by atoms with van der Waals surface area (Å²) < 4.78 is 0. The van der Waals surface area contributed by atoms with Crippen LogP contribution in [0.2, 0.25) is 0 Å². The van der Waals surface area contributed by atoms with Gasteiger partial charge in [0.1, 0.15) is 0 Å². The van der Waals surface area contributed by atoms with E-state index < -0.39 is 0 Å². The molecule has 0 fully saturated rings. The molecule has 0 saturated heterocycles. The summed E-state index contributed by atoms with van der Waals surface area (Å²) in [4.78, 5) is 0. The van der Waals surface area contributed by atoms with E-state index in [-0.39, 0.29) is 12.4 Å². The summed E-state index contributed by atoms with van der Waals surface area (Å²) in [5, 5.41) is 15.3. The highest BCUT2D eigenvalue weighted by molar-refractivity contribution is 5.85. The maximum Gasteiger partial charge on any atom is 0.0992 e. The molecule has 2 N–H and O–H groups in total. The zero-order valence-corrected chi connectivity index (χ0v) is 8.53. The molecule has 4 heteroatoms. The molecule has 0 atom stereocenters. The van der Waals surface area contributed by atoms with Crippen molar-refractivity contribution in [1.29, 1.82) is 5.26 Å². The van der Waals surface area contributed by atoms with Crippen LogP contribution in [0.3, 0.4) is 0 Å². The Morgan fingerprint density at radius 3 is 2.57 bits per heavy atom. The minimum absolute atomic E-state index is 0. The van der Waals surface area contributed by atoms with Crippen molar-refractivity contribution in [3.8, 4) is 6.07 Å². The summed E-state index contributed by atoms with van der Waals surface area (Å²) in [7, 11) is 0. The Bertz CT molecular complexity index is 357. The number of nitriles is 1. The van der Waals surface area contributed by atoms with Gasteiger partial charge in [-0.15, -0.1) is 12.4 Å². The van der Waals surface area contributed by atoms with Crippen LogP contribution in [0.25, 0.3) is 0 Å². The molecule has 0 saturated carbocycles. The molecule has 74 valence electrons. The molecular formula is C10H12ClN3. The van der Waals surface area contributed by atoms with E-state index in [2.05, 4.69) is 16.7 Å². The molecule has 0 aromatic heterocycles. The van der Waals surface area contributed by atoms with Gasteiger partial charge in [-0.25, -0.2) is 0 Å². The summed E-state index contributed by atoms with van der Waals surface area (Å²) in [6.45, 7) is 1.96. The molecule has 14 heavy (non-hydrogen) atoms. The minimum atomic E-state index is 0. The number of nitrogens with one attached hydrogen (secondary N) is 2. The molecule has 0 amide bonds.